The lowest BCUT2D eigenvalue weighted by Gasteiger charge is -2.12. The van der Waals surface area contributed by atoms with Crippen LogP contribution in [-0.4, -0.2) is 27.5 Å². The number of rotatable bonds is 5. The molecule has 2 rings (SSSR count). The molecule has 0 radical (unpaired) electrons. The van der Waals surface area contributed by atoms with Crippen LogP contribution in [0.5, 0.6) is 0 Å². The SMILES string of the molecule is O=S(=O)(NCC[C@H]1CCCN1)c1cccc(Cl)c1Cl. The molecule has 1 aliphatic heterocycles. The lowest BCUT2D eigenvalue weighted by atomic mass is 10.2. The Labute approximate surface area is 123 Å². The molecule has 1 heterocycles. The van der Waals surface area contributed by atoms with E-state index in [0.717, 1.165) is 25.8 Å². The lowest BCUT2D eigenvalue weighted by Crippen LogP contribution is -2.30. The minimum Gasteiger partial charge on any atom is -0.314 e. The Morgan fingerprint density at radius 3 is 2.84 bits per heavy atom. The lowest BCUT2D eigenvalue weighted by molar-refractivity contribution is 0.539. The summed E-state index contributed by atoms with van der Waals surface area (Å²) in [7, 11) is -3.60. The fourth-order valence-corrected chi connectivity index (χ4v) is 3.95. The number of halogens is 2. The third-order valence-corrected chi connectivity index (χ3v) is 5.59. The van der Waals surface area contributed by atoms with Gasteiger partial charge in [-0.25, -0.2) is 13.1 Å². The summed E-state index contributed by atoms with van der Waals surface area (Å²) in [4.78, 5) is 0.0287. The van der Waals surface area contributed by atoms with Crippen LogP contribution in [0.4, 0.5) is 0 Å². The van der Waals surface area contributed by atoms with Gasteiger partial charge in [-0.15, -0.1) is 0 Å². The molecule has 2 N–H and O–H groups in total. The number of hydrogen-bond donors (Lipinski definition) is 2. The van der Waals surface area contributed by atoms with E-state index in [1.165, 1.54) is 6.07 Å². The van der Waals surface area contributed by atoms with Crippen molar-refractivity contribution in [3.63, 3.8) is 0 Å². The summed E-state index contributed by atoms with van der Waals surface area (Å²) in [6.45, 7) is 1.40. The van der Waals surface area contributed by atoms with E-state index in [1.807, 2.05) is 0 Å². The highest BCUT2D eigenvalue weighted by Gasteiger charge is 2.20. The Hall–Kier alpha value is -0.330. The van der Waals surface area contributed by atoms with Crippen LogP contribution in [0.15, 0.2) is 23.1 Å². The number of nitrogens with one attached hydrogen (secondary N) is 2. The minimum atomic E-state index is -3.60. The number of hydrogen-bond acceptors (Lipinski definition) is 3. The van der Waals surface area contributed by atoms with Crippen molar-refractivity contribution in [1.82, 2.24) is 10.0 Å². The van der Waals surface area contributed by atoms with E-state index in [0.29, 0.717) is 12.6 Å². The molecule has 1 fully saturated rings. The highest BCUT2D eigenvalue weighted by molar-refractivity contribution is 7.89. The second-order valence-corrected chi connectivity index (χ2v) is 7.05. The Kier molecular flexibility index (Phi) is 5.09. The zero-order valence-electron chi connectivity index (χ0n) is 10.3. The Morgan fingerprint density at radius 2 is 2.16 bits per heavy atom. The molecule has 0 saturated carbocycles. The van der Waals surface area contributed by atoms with Crippen LogP contribution in [-0.2, 0) is 10.0 Å². The van der Waals surface area contributed by atoms with Gasteiger partial charge in [0.05, 0.1) is 10.0 Å². The van der Waals surface area contributed by atoms with Gasteiger partial charge in [0.1, 0.15) is 4.90 Å². The normalized spacial score (nSPS) is 19.8. The van der Waals surface area contributed by atoms with Crippen LogP contribution in [0.1, 0.15) is 19.3 Å². The molecule has 0 aromatic heterocycles. The molecule has 7 heteroatoms. The second kappa shape index (κ2) is 6.41. The molecule has 0 amide bonds. The summed E-state index contributed by atoms with van der Waals surface area (Å²) in [5.74, 6) is 0. The van der Waals surface area contributed by atoms with Crippen LogP contribution in [0.3, 0.4) is 0 Å². The highest BCUT2D eigenvalue weighted by Crippen LogP contribution is 2.28. The first-order valence-electron chi connectivity index (χ1n) is 6.18. The van der Waals surface area contributed by atoms with Gasteiger partial charge < -0.3 is 5.32 Å². The third kappa shape index (κ3) is 3.83. The van der Waals surface area contributed by atoms with Crippen LogP contribution in [0.2, 0.25) is 10.0 Å². The summed E-state index contributed by atoms with van der Waals surface area (Å²) in [5, 5.41) is 3.62. The molecule has 1 saturated heterocycles. The number of sulfonamides is 1. The van der Waals surface area contributed by atoms with Gasteiger partial charge in [0.15, 0.2) is 0 Å². The van der Waals surface area contributed by atoms with E-state index in [1.54, 1.807) is 12.1 Å². The molecule has 0 aliphatic carbocycles. The van der Waals surface area contributed by atoms with Gasteiger partial charge in [-0.2, -0.15) is 0 Å². The summed E-state index contributed by atoms with van der Waals surface area (Å²) < 4.78 is 26.8. The van der Waals surface area contributed by atoms with Gasteiger partial charge in [-0.05, 0) is 37.9 Å². The molecule has 1 aliphatic rings. The minimum absolute atomic E-state index is 0.0287. The largest absolute Gasteiger partial charge is 0.314 e. The van der Waals surface area contributed by atoms with Crippen LogP contribution < -0.4 is 10.0 Å². The monoisotopic (exact) mass is 322 g/mol. The summed E-state index contributed by atoms with van der Waals surface area (Å²) >= 11 is 11.7. The van der Waals surface area contributed by atoms with Crippen molar-refractivity contribution in [1.29, 1.82) is 0 Å². The first kappa shape index (κ1) is 15.1. The zero-order chi connectivity index (χ0) is 13.9. The highest BCUT2D eigenvalue weighted by atomic mass is 35.5. The molecular formula is C12H16Cl2N2O2S. The van der Waals surface area contributed by atoms with Crippen molar-refractivity contribution in [2.45, 2.75) is 30.2 Å². The maximum absolute atomic E-state index is 12.1. The Balaban J connectivity index is 1.99. The molecule has 4 nitrogen and oxygen atoms in total. The smallest absolute Gasteiger partial charge is 0.242 e. The topological polar surface area (TPSA) is 58.2 Å². The van der Waals surface area contributed by atoms with E-state index < -0.39 is 10.0 Å². The zero-order valence-corrected chi connectivity index (χ0v) is 12.7. The Morgan fingerprint density at radius 1 is 1.37 bits per heavy atom. The first-order valence-corrected chi connectivity index (χ1v) is 8.41. The third-order valence-electron chi connectivity index (χ3n) is 3.15. The average molecular weight is 323 g/mol. The van der Waals surface area contributed by atoms with E-state index in [9.17, 15) is 8.42 Å². The van der Waals surface area contributed by atoms with Gasteiger partial charge in [0, 0.05) is 12.6 Å². The van der Waals surface area contributed by atoms with Gasteiger partial charge in [-0.3, -0.25) is 0 Å². The standard InChI is InChI=1S/C12H16Cl2N2O2S/c13-10-4-1-5-11(12(10)14)19(17,18)16-8-6-9-3-2-7-15-9/h1,4-5,9,15-16H,2-3,6-8H2/t9-/m1/s1. The molecule has 1 aromatic rings. The summed E-state index contributed by atoms with van der Waals surface area (Å²) in [5.41, 5.74) is 0. The molecular weight excluding hydrogens is 307 g/mol. The van der Waals surface area contributed by atoms with E-state index in [4.69, 9.17) is 23.2 Å². The fraction of sp³-hybridized carbons (Fsp3) is 0.500. The molecule has 19 heavy (non-hydrogen) atoms. The van der Waals surface area contributed by atoms with Crippen molar-refractivity contribution in [3.05, 3.63) is 28.2 Å². The van der Waals surface area contributed by atoms with Crippen molar-refractivity contribution in [2.75, 3.05) is 13.1 Å². The van der Waals surface area contributed by atoms with Crippen molar-refractivity contribution in [3.8, 4) is 0 Å². The van der Waals surface area contributed by atoms with Crippen LogP contribution in [0.25, 0.3) is 0 Å². The molecule has 0 bridgehead atoms. The molecule has 106 valence electrons. The second-order valence-electron chi connectivity index (χ2n) is 4.53. The van der Waals surface area contributed by atoms with Crippen LogP contribution >= 0.6 is 23.2 Å². The Bertz CT molecular complexity index is 543. The first-order chi connectivity index (χ1) is 9.00. The van der Waals surface area contributed by atoms with E-state index in [-0.39, 0.29) is 14.9 Å². The fourth-order valence-electron chi connectivity index (χ4n) is 2.14. The van der Waals surface area contributed by atoms with Crippen molar-refractivity contribution in [2.24, 2.45) is 0 Å². The maximum atomic E-state index is 12.1. The van der Waals surface area contributed by atoms with Gasteiger partial charge in [0.2, 0.25) is 10.0 Å². The molecule has 0 spiro atoms. The van der Waals surface area contributed by atoms with Gasteiger partial charge >= 0.3 is 0 Å². The average Bonchev–Trinajstić information content (AvgIpc) is 2.85. The van der Waals surface area contributed by atoms with Gasteiger partial charge in [0.25, 0.3) is 0 Å². The molecule has 1 aromatic carbocycles. The predicted molar refractivity (Wildman–Crippen MR) is 77.3 cm³/mol. The van der Waals surface area contributed by atoms with Gasteiger partial charge in [-0.1, -0.05) is 29.3 Å². The summed E-state index contributed by atoms with van der Waals surface area (Å²) in [6, 6.07) is 4.98. The van der Waals surface area contributed by atoms with Crippen molar-refractivity contribution < 1.29 is 8.42 Å². The van der Waals surface area contributed by atoms with Crippen LogP contribution in [0, 0.1) is 0 Å². The number of benzene rings is 1. The summed E-state index contributed by atoms with van der Waals surface area (Å²) in [6.07, 6.45) is 3.02. The molecule has 1 atom stereocenters. The van der Waals surface area contributed by atoms with E-state index >= 15 is 0 Å². The maximum Gasteiger partial charge on any atom is 0.242 e. The van der Waals surface area contributed by atoms with E-state index in [2.05, 4.69) is 10.0 Å². The molecule has 0 unspecified atom stereocenters. The predicted octanol–water partition coefficient (Wildman–Crippen LogP) is 2.41. The quantitative estimate of drug-likeness (QED) is 0.875. The van der Waals surface area contributed by atoms with Crippen molar-refractivity contribution >= 4 is 33.2 Å².